The van der Waals surface area contributed by atoms with Gasteiger partial charge in [-0.25, -0.2) is 0 Å². The Morgan fingerprint density at radius 2 is 0.358 bits per heavy atom. The van der Waals surface area contributed by atoms with Gasteiger partial charge >= 0.3 is 0 Å². The number of rotatable bonds is 21. The van der Waals surface area contributed by atoms with Gasteiger partial charge in [-0.2, -0.15) is 37.9 Å². The van der Waals surface area contributed by atoms with Crippen LogP contribution in [0.15, 0.2) is 0 Å². The lowest BCUT2D eigenvalue weighted by Crippen LogP contribution is -2.70. The lowest BCUT2D eigenvalue weighted by molar-refractivity contribution is -0.406. The molecule has 12 bridgehead atoms. The monoisotopic (exact) mass is 1230 g/mol. The molecule has 30 heteroatoms. The van der Waals surface area contributed by atoms with Crippen LogP contribution >= 0.6 is 37.9 Å². The van der Waals surface area contributed by atoms with Crippen LogP contribution in [0.3, 0.4) is 0 Å². The second-order valence-corrected chi connectivity index (χ2v) is 21.3. The van der Waals surface area contributed by atoms with Crippen molar-refractivity contribution in [1.82, 2.24) is 0 Å². The largest absolute Gasteiger partial charge is 0.382 e. The maximum absolute atomic E-state index is 6.94. The maximum atomic E-state index is 6.94. The second kappa shape index (κ2) is 33.0. The van der Waals surface area contributed by atoms with Gasteiger partial charge in [-0.3, -0.25) is 0 Å². The predicted octanol–water partition coefficient (Wildman–Crippen LogP) is -0.431. The Bertz CT molecular complexity index is 1600. The Labute approximate surface area is 491 Å². The van der Waals surface area contributed by atoms with Crippen molar-refractivity contribution in [2.24, 2.45) is 0 Å². The summed E-state index contributed by atoms with van der Waals surface area (Å²) in [6, 6.07) is 0. The molecule has 0 N–H and O–H groups in total. The Hall–Kier alpha value is -0.0300. The Morgan fingerprint density at radius 3 is 0.494 bits per heavy atom. The third kappa shape index (κ3) is 14.5. The molecule has 22 aliphatic heterocycles. The number of thiol groups is 3. The molecule has 0 amide bonds. The van der Waals surface area contributed by atoms with Gasteiger partial charge in [-0.1, -0.05) is 0 Å². The first-order valence-corrected chi connectivity index (χ1v) is 28.8. The molecule has 0 aromatic carbocycles. The van der Waals surface area contributed by atoms with Crippen molar-refractivity contribution in [2.75, 3.05) is 144 Å². The highest BCUT2D eigenvalue weighted by Gasteiger charge is 2.61. The van der Waals surface area contributed by atoms with Crippen LogP contribution in [0.25, 0.3) is 0 Å². The first-order valence-electron chi connectivity index (χ1n) is 26.9. The quantitative estimate of drug-likeness (QED) is 0.123. The van der Waals surface area contributed by atoms with E-state index in [1.807, 2.05) is 0 Å². The molecule has 22 saturated heterocycles. The van der Waals surface area contributed by atoms with Gasteiger partial charge in [0.2, 0.25) is 0 Å². The summed E-state index contributed by atoms with van der Waals surface area (Å²) in [5, 5.41) is 0. The first kappa shape index (κ1) is 68.5. The molecule has 22 fully saturated rings. The lowest BCUT2D eigenvalue weighted by Gasteiger charge is -2.53. The van der Waals surface area contributed by atoms with E-state index in [2.05, 4.69) is 0 Å². The summed E-state index contributed by atoms with van der Waals surface area (Å²) in [6.07, 6.45) is -28.4. The summed E-state index contributed by atoms with van der Waals surface area (Å²) < 4.78 is 174. The summed E-state index contributed by atoms with van der Waals surface area (Å²) in [5.74, 6) is 0.373. The SMILES string of the molecule is COC[C@H]1O[C@@H]2O[C@H]3[C@H](OC)[C@@H](OC)[C@@H](O[C@H]4[C@H](OC)[C@@H](OC)[C@@H](O[C@H]5[C@H](OC)[C@@H](OC)[C@@H](O[C@H]6[C@H](OC)[C@@H](OC)[C@@H](O[C@H]7[C@H](OC)[C@@H](OC)[C@@H](O[C@H]1[C@H](OC)[C@H]2OC)O[C@@H]7CS)O[C@@H]6COC)O[C@@H]5CS)O[C@@H]4COC)O[C@@H]3CS. The molecule has 0 spiro atoms. The Kier molecular flexibility index (Phi) is 27.9. The normalized spacial score (nSPS) is 47.3. The fourth-order valence-electron chi connectivity index (χ4n) is 12.3. The van der Waals surface area contributed by atoms with Crippen molar-refractivity contribution in [3.8, 4) is 0 Å². The van der Waals surface area contributed by atoms with Gasteiger partial charge in [-0.15, -0.1) is 0 Å². The molecule has 0 aromatic rings. The van der Waals surface area contributed by atoms with E-state index >= 15 is 0 Å². The zero-order valence-corrected chi connectivity index (χ0v) is 51.6. The molecule has 474 valence electrons. The van der Waals surface area contributed by atoms with Crippen molar-refractivity contribution in [2.45, 2.75) is 184 Å². The Balaban J connectivity index is 1.33. The summed E-state index contributed by atoms with van der Waals surface area (Å²) in [6.45, 7) is 0.0329. The van der Waals surface area contributed by atoms with E-state index in [1.165, 1.54) is 107 Å². The summed E-state index contributed by atoms with van der Waals surface area (Å²) in [5.41, 5.74) is 0. The molecule has 22 rings (SSSR count). The number of hydrogen-bond acceptors (Lipinski definition) is 30. The van der Waals surface area contributed by atoms with Crippen molar-refractivity contribution in [3.05, 3.63) is 0 Å². The average Bonchev–Trinajstić information content (AvgIpc) is 3.64. The lowest BCUT2D eigenvalue weighted by atomic mass is 9.94. The van der Waals surface area contributed by atoms with Crippen LogP contribution in [-0.2, 0) is 128 Å². The van der Waals surface area contributed by atoms with Gasteiger partial charge in [0.05, 0.1) is 38.1 Å². The van der Waals surface area contributed by atoms with E-state index in [9.17, 15) is 0 Å². The topological polar surface area (TPSA) is 249 Å². The number of methoxy groups -OCH3 is 15. The van der Waals surface area contributed by atoms with Gasteiger partial charge in [0.15, 0.2) is 37.7 Å². The summed E-state index contributed by atoms with van der Waals surface area (Å²) in [7, 11) is 22.8. The minimum atomic E-state index is -1.15. The average molecular weight is 1230 g/mol. The fraction of sp³-hybridized carbons (Fsp3) is 1.00. The highest BCUT2D eigenvalue weighted by atomic mass is 32.1. The van der Waals surface area contributed by atoms with Gasteiger partial charge in [-0.05, 0) is 0 Å². The first-order chi connectivity index (χ1) is 39.4. The van der Waals surface area contributed by atoms with E-state index in [-0.39, 0.29) is 37.1 Å². The molecular weight excluding hydrogens is 1140 g/mol. The molecular formula is C51H90O27S3. The van der Waals surface area contributed by atoms with Crippen molar-refractivity contribution in [1.29, 1.82) is 0 Å². The van der Waals surface area contributed by atoms with Gasteiger partial charge < -0.3 is 128 Å². The van der Waals surface area contributed by atoms with Crippen LogP contribution in [0.4, 0.5) is 0 Å². The summed E-state index contributed by atoms with van der Waals surface area (Å²) >= 11 is 14.3. The van der Waals surface area contributed by atoms with Gasteiger partial charge in [0.1, 0.15) is 128 Å². The minimum absolute atomic E-state index is 0.0110. The molecule has 0 saturated carbocycles. The van der Waals surface area contributed by atoms with Gasteiger partial charge in [0, 0.05) is 124 Å². The van der Waals surface area contributed by atoms with Crippen LogP contribution < -0.4 is 0 Å². The van der Waals surface area contributed by atoms with Crippen LogP contribution in [0.2, 0.25) is 0 Å². The molecule has 30 atom stereocenters. The van der Waals surface area contributed by atoms with E-state index in [1.54, 1.807) is 0 Å². The smallest absolute Gasteiger partial charge is 0.187 e. The fourth-order valence-corrected chi connectivity index (χ4v) is 13.2. The third-order valence-corrected chi connectivity index (χ3v) is 17.2. The van der Waals surface area contributed by atoms with Crippen LogP contribution in [-0.4, -0.2) is 328 Å². The molecule has 0 aromatic heterocycles. The molecule has 22 aliphatic rings. The third-order valence-electron chi connectivity index (χ3n) is 16.1. The highest BCUT2D eigenvalue weighted by molar-refractivity contribution is 7.80. The highest BCUT2D eigenvalue weighted by Crippen LogP contribution is 2.42. The second-order valence-electron chi connectivity index (χ2n) is 20.2. The van der Waals surface area contributed by atoms with Crippen molar-refractivity contribution >= 4 is 37.9 Å². The van der Waals surface area contributed by atoms with Crippen LogP contribution in [0.5, 0.6) is 0 Å². The molecule has 0 aliphatic carbocycles. The van der Waals surface area contributed by atoms with E-state index < -0.39 is 184 Å². The molecule has 22 heterocycles. The minimum Gasteiger partial charge on any atom is -0.382 e. The van der Waals surface area contributed by atoms with Crippen molar-refractivity contribution < 1.29 is 128 Å². The van der Waals surface area contributed by atoms with E-state index in [0.717, 1.165) is 0 Å². The molecule has 81 heavy (non-hydrogen) atoms. The maximum Gasteiger partial charge on any atom is 0.187 e. The predicted molar refractivity (Wildman–Crippen MR) is 288 cm³/mol. The molecule has 27 nitrogen and oxygen atoms in total. The van der Waals surface area contributed by atoms with Gasteiger partial charge in [0.25, 0.3) is 0 Å². The zero-order chi connectivity index (χ0) is 58.7. The van der Waals surface area contributed by atoms with E-state index in [4.69, 9.17) is 166 Å². The zero-order valence-electron chi connectivity index (χ0n) is 48.9. The number of hydrogen-bond donors (Lipinski definition) is 3. The van der Waals surface area contributed by atoms with E-state index in [0.29, 0.717) is 0 Å². The van der Waals surface area contributed by atoms with Crippen LogP contribution in [0.1, 0.15) is 0 Å². The number of ether oxygens (including phenoxy) is 27. The van der Waals surface area contributed by atoms with Crippen molar-refractivity contribution in [3.63, 3.8) is 0 Å². The molecule has 0 unspecified atom stereocenters. The van der Waals surface area contributed by atoms with Crippen LogP contribution in [0, 0.1) is 0 Å². The Morgan fingerprint density at radius 1 is 0.210 bits per heavy atom. The molecule has 0 radical (unpaired) electrons. The summed E-state index contributed by atoms with van der Waals surface area (Å²) in [4.78, 5) is 0. The standard InChI is InChI=1S/C51H90O27S3/c1-52-16-22-28-34(55-4)40(61-10)46(67-22)76-31-25(19-79)71-50(44(65-14)37(31)58-7)74-29-23(17-53-2)69-48(42(63-12)35(29)56-5)78-33-27(21-81)72-51(45(66-15)39(33)60-9)75-30-24(18-54-3)68-47(41(62-11)36(30)57-6)77-32-26(20-80)70-49(73-28)43(64-13)38(32)59-8/h22-51,79-81H,16-21H2,1-15H3/t22-,23-,24-,25-,26-,27-,28-,29-,30-,31-,32-,33-,34+,35+,36+,37+,38+,39+,40-,41-,42-,43-,44-,45-,46-,47-,48-,49-,50-,51-/m1/s1.